The van der Waals surface area contributed by atoms with E-state index in [0.717, 1.165) is 12.4 Å². The third-order valence-corrected chi connectivity index (χ3v) is 1.02. The van der Waals surface area contributed by atoms with Gasteiger partial charge in [0.25, 0.3) is 0 Å². The summed E-state index contributed by atoms with van der Waals surface area (Å²) in [7, 11) is 3.91. The van der Waals surface area contributed by atoms with Crippen molar-refractivity contribution in [1.82, 2.24) is 20.1 Å². The van der Waals surface area contributed by atoms with Gasteiger partial charge in [-0.1, -0.05) is 0 Å². The summed E-state index contributed by atoms with van der Waals surface area (Å²) in [4.78, 5) is 5.91. The lowest BCUT2D eigenvalue weighted by molar-refractivity contribution is 0.391. The monoisotopic (exact) mass is 177 g/mol. The summed E-state index contributed by atoms with van der Waals surface area (Å²) in [5.74, 6) is 1.10. The third kappa shape index (κ3) is 3.20. The van der Waals surface area contributed by atoms with Gasteiger partial charge in [0.15, 0.2) is 0 Å². The lowest BCUT2D eigenvalue weighted by Crippen LogP contribution is -2.11. The largest absolute Gasteiger partial charge is 0.367 e. The van der Waals surface area contributed by atoms with Gasteiger partial charge in [0.2, 0.25) is 5.95 Å². The molecule has 0 aliphatic heterocycles. The molecule has 0 unspecified atom stereocenters. The van der Waals surface area contributed by atoms with E-state index in [4.69, 9.17) is 5.73 Å². The highest BCUT2D eigenvalue weighted by Crippen LogP contribution is 1.94. The molecule has 1 aromatic rings. The van der Waals surface area contributed by atoms with E-state index in [2.05, 4.69) is 15.2 Å². The molecule has 0 spiro atoms. The number of nitrogens with two attached hydrogens (primary N) is 1. The van der Waals surface area contributed by atoms with Gasteiger partial charge in [-0.3, -0.25) is 5.10 Å². The summed E-state index contributed by atoms with van der Waals surface area (Å²) >= 11 is 0. The smallest absolute Gasteiger partial charge is 0.239 e. The van der Waals surface area contributed by atoms with Crippen molar-refractivity contribution in [1.29, 1.82) is 0 Å². The highest BCUT2D eigenvalue weighted by molar-refractivity contribution is 5.85. The minimum atomic E-state index is 0. The van der Waals surface area contributed by atoms with E-state index in [1.807, 2.05) is 19.0 Å². The lowest BCUT2D eigenvalue weighted by Gasteiger charge is -2.04. The van der Waals surface area contributed by atoms with Crippen LogP contribution in [0.3, 0.4) is 0 Å². The Balaban J connectivity index is 0.000001000. The van der Waals surface area contributed by atoms with Crippen molar-refractivity contribution < 1.29 is 0 Å². The summed E-state index contributed by atoms with van der Waals surface area (Å²) in [5.41, 5.74) is 5.28. The maximum atomic E-state index is 5.28. The van der Waals surface area contributed by atoms with Crippen LogP contribution in [0.5, 0.6) is 0 Å². The second-order valence-electron chi connectivity index (χ2n) is 2.38. The number of nitrogen functional groups attached to an aromatic ring is 1. The van der Waals surface area contributed by atoms with E-state index in [0.29, 0.717) is 5.95 Å². The maximum absolute atomic E-state index is 5.28. The summed E-state index contributed by atoms with van der Waals surface area (Å²) in [5, 5.41) is 6.39. The van der Waals surface area contributed by atoms with Crippen molar-refractivity contribution >= 4 is 18.4 Å². The molecule has 3 N–H and O–H groups in total. The van der Waals surface area contributed by atoms with Crippen LogP contribution in [0.1, 0.15) is 5.82 Å². The SMILES string of the molecule is CN(C)Cc1nc(N)n[nH]1.Cl. The van der Waals surface area contributed by atoms with Crippen LogP contribution in [0.4, 0.5) is 5.95 Å². The van der Waals surface area contributed by atoms with Crippen LogP contribution in [-0.2, 0) is 6.54 Å². The van der Waals surface area contributed by atoms with Crippen LogP contribution in [0.25, 0.3) is 0 Å². The standard InChI is InChI=1S/C5H11N5.ClH/c1-10(2)3-4-7-5(6)9-8-4;/h3H2,1-2H3,(H3,6,7,8,9);1H. The number of nitrogens with zero attached hydrogens (tertiary/aromatic N) is 3. The first-order chi connectivity index (χ1) is 4.68. The van der Waals surface area contributed by atoms with Crippen LogP contribution >= 0.6 is 12.4 Å². The van der Waals surface area contributed by atoms with Crippen molar-refractivity contribution in [2.75, 3.05) is 19.8 Å². The molecule has 0 fully saturated rings. The van der Waals surface area contributed by atoms with E-state index < -0.39 is 0 Å². The summed E-state index contributed by atoms with van der Waals surface area (Å²) in [6, 6.07) is 0. The quantitative estimate of drug-likeness (QED) is 0.661. The Kier molecular flexibility index (Phi) is 3.84. The zero-order chi connectivity index (χ0) is 7.56. The fraction of sp³-hybridized carbons (Fsp3) is 0.600. The summed E-state index contributed by atoms with van der Waals surface area (Å²) in [6.07, 6.45) is 0. The third-order valence-electron chi connectivity index (χ3n) is 1.02. The zero-order valence-electron chi connectivity index (χ0n) is 6.53. The van der Waals surface area contributed by atoms with Crippen LogP contribution < -0.4 is 5.73 Å². The van der Waals surface area contributed by atoms with Crippen molar-refractivity contribution in [2.24, 2.45) is 0 Å². The molecule has 5 nitrogen and oxygen atoms in total. The maximum Gasteiger partial charge on any atom is 0.239 e. The molecule has 0 amide bonds. The summed E-state index contributed by atoms with van der Waals surface area (Å²) in [6.45, 7) is 0.740. The molecule has 1 rings (SSSR count). The number of aromatic nitrogens is 3. The molecule has 0 aliphatic rings. The molecule has 0 aromatic carbocycles. The van der Waals surface area contributed by atoms with Gasteiger partial charge in [-0.05, 0) is 14.1 Å². The fourth-order valence-electron chi connectivity index (χ4n) is 0.680. The van der Waals surface area contributed by atoms with E-state index in [1.165, 1.54) is 0 Å². The molecule has 0 saturated carbocycles. The van der Waals surface area contributed by atoms with Gasteiger partial charge >= 0.3 is 0 Å². The summed E-state index contributed by atoms with van der Waals surface area (Å²) < 4.78 is 0. The average molecular weight is 178 g/mol. The first-order valence-corrected chi connectivity index (χ1v) is 3.00. The molecular formula is C5H12ClN5. The van der Waals surface area contributed by atoms with Crippen molar-refractivity contribution in [3.05, 3.63) is 5.82 Å². The van der Waals surface area contributed by atoms with Gasteiger partial charge in [-0.15, -0.1) is 17.5 Å². The van der Waals surface area contributed by atoms with Gasteiger partial charge in [0.1, 0.15) is 5.82 Å². The fourth-order valence-corrected chi connectivity index (χ4v) is 0.680. The first kappa shape index (κ1) is 10.2. The zero-order valence-corrected chi connectivity index (χ0v) is 7.35. The average Bonchev–Trinajstić information content (AvgIpc) is 2.13. The number of rotatable bonds is 2. The number of hydrogen-bond acceptors (Lipinski definition) is 4. The molecule has 0 bridgehead atoms. The number of hydrogen-bond donors (Lipinski definition) is 2. The van der Waals surface area contributed by atoms with Crippen molar-refractivity contribution in [3.8, 4) is 0 Å². The molecule has 11 heavy (non-hydrogen) atoms. The number of halogens is 1. The Morgan fingerprint density at radius 3 is 2.55 bits per heavy atom. The molecular weight excluding hydrogens is 166 g/mol. The van der Waals surface area contributed by atoms with Gasteiger partial charge < -0.3 is 10.6 Å². The Morgan fingerprint density at radius 2 is 2.18 bits per heavy atom. The molecule has 1 heterocycles. The number of H-pyrrole nitrogens is 1. The predicted molar refractivity (Wildman–Crippen MR) is 45.4 cm³/mol. The normalized spacial score (nSPS) is 9.73. The molecule has 0 radical (unpaired) electrons. The minimum Gasteiger partial charge on any atom is -0.367 e. The van der Waals surface area contributed by atoms with Crippen molar-refractivity contribution in [3.63, 3.8) is 0 Å². The van der Waals surface area contributed by atoms with Crippen LogP contribution in [0, 0.1) is 0 Å². The highest BCUT2D eigenvalue weighted by Gasteiger charge is 1.98. The van der Waals surface area contributed by atoms with Crippen LogP contribution in [0.2, 0.25) is 0 Å². The van der Waals surface area contributed by atoms with E-state index in [-0.39, 0.29) is 12.4 Å². The second kappa shape index (κ2) is 4.15. The van der Waals surface area contributed by atoms with E-state index in [1.54, 1.807) is 0 Å². The minimum absolute atomic E-state index is 0. The van der Waals surface area contributed by atoms with Crippen LogP contribution in [-0.4, -0.2) is 34.2 Å². The number of aromatic amines is 1. The predicted octanol–water partition coefficient (Wildman–Crippen LogP) is -0.130. The first-order valence-electron chi connectivity index (χ1n) is 3.00. The number of anilines is 1. The van der Waals surface area contributed by atoms with Gasteiger partial charge in [-0.2, -0.15) is 4.98 Å². The molecule has 0 aliphatic carbocycles. The topological polar surface area (TPSA) is 70.8 Å². The lowest BCUT2D eigenvalue weighted by atomic mass is 10.6. The van der Waals surface area contributed by atoms with Gasteiger partial charge in [-0.25, -0.2) is 0 Å². The molecule has 6 heteroatoms. The molecule has 0 atom stereocenters. The van der Waals surface area contributed by atoms with Gasteiger partial charge in [0.05, 0.1) is 6.54 Å². The van der Waals surface area contributed by atoms with Gasteiger partial charge in [0, 0.05) is 0 Å². The molecule has 1 aromatic heterocycles. The van der Waals surface area contributed by atoms with Crippen LogP contribution in [0.15, 0.2) is 0 Å². The Morgan fingerprint density at radius 1 is 1.55 bits per heavy atom. The Labute approximate surface area is 71.4 Å². The molecule has 64 valence electrons. The highest BCUT2D eigenvalue weighted by atomic mass is 35.5. The van der Waals surface area contributed by atoms with E-state index >= 15 is 0 Å². The Hall–Kier alpha value is -0.810. The van der Waals surface area contributed by atoms with E-state index in [9.17, 15) is 0 Å². The Bertz CT molecular complexity index is 208. The molecule has 0 saturated heterocycles. The second-order valence-corrected chi connectivity index (χ2v) is 2.38. The van der Waals surface area contributed by atoms with Crippen molar-refractivity contribution in [2.45, 2.75) is 6.54 Å². The number of nitrogens with one attached hydrogen (secondary N) is 1.